The number of hydrogen-bond donors (Lipinski definition) is 3. The average Bonchev–Trinajstić information content (AvgIpc) is 2.33. The number of anilines is 1. The van der Waals surface area contributed by atoms with Crippen LogP contribution in [0.25, 0.3) is 0 Å². The highest BCUT2D eigenvalue weighted by Crippen LogP contribution is 2.19. The standard InChI is InChI=1S/C12H14F2N2O3/c1-2-3-15-7-4-8(13)11(9(14)5-7)12(19)16-6-10(17)18/h4-5,15H,2-3,6H2,1H3,(H,16,19)(H,17,18). The van der Waals surface area contributed by atoms with Crippen molar-refractivity contribution in [3.8, 4) is 0 Å². The van der Waals surface area contributed by atoms with Crippen LogP contribution in [-0.4, -0.2) is 30.1 Å². The van der Waals surface area contributed by atoms with Gasteiger partial charge in [-0.15, -0.1) is 0 Å². The molecule has 0 atom stereocenters. The van der Waals surface area contributed by atoms with E-state index in [9.17, 15) is 18.4 Å². The lowest BCUT2D eigenvalue weighted by molar-refractivity contribution is -0.135. The van der Waals surface area contributed by atoms with Gasteiger partial charge in [0.15, 0.2) is 0 Å². The van der Waals surface area contributed by atoms with E-state index in [-0.39, 0.29) is 5.69 Å². The van der Waals surface area contributed by atoms with Crippen LogP contribution in [0.5, 0.6) is 0 Å². The molecule has 0 radical (unpaired) electrons. The summed E-state index contributed by atoms with van der Waals surface area (Å²) >= 11 is 0. The highest BCUT2D eigenvalue weighted by atomic mass is 19.1. The zero-order valence-electron chi connectivity index (χ0n) is 10.3. The topological polar surface area (TPSA) is 78.4 Å². The fourth-order valence-electron chi connectivity index (χ4n) is 1.41. The molecule has 0 bridgehead atoms. The number of carboxylic acids is 1. The maximum absolute atomic E-state index is 13.6. The van der Waals surface area contributed by atoms with Crippen LogP contribution < -0.4 is 10.6 Å². The molecular weight excluding hydrogens is 258 g/mol. The summed E-state index contributed by atoms with van der Waals surface area (Å²) in [4.78, 5) is 21.7. The summed E-state index contributed by atoms with van der Waals surface area (Å²) in [5.74, 6) is -4.47. The van der Waals surface area contributed by atoms with Crippen LogP contribution in [0.2, 0.25) is 0 Å². The Hall–Kier alpha value is -2.18. The molecule has 7 heteroatoms. The van der Waals surface area contributed by atoms with Crippen molar-refractivity contribution in [3.63, 3.8) is 0 Å². The third-order valence-corrected chi connectivity index (χ3v) is 2.25. The fraction of sp³-hybridized carbons (Fsp3) is 0.333. The van der Waals surface area contributed by atoms with Crippen molar-refractivity contribution in [1.29, 1.82) is 0 Å². The van der Waals surface area contributed by atoms with Crippen molar-refractivity contribution in [2.24, 2.45) is 0 Å². The van der Waals surface area contributed by atoms with E-state index in [2.05, 4.69) is 5.32 Å². The molecule has 0 heterocycles. The minimum Gasteiger partial charge on any atom is -0.480 e. The van der Waals surface area contributed by atoms with E-state index in [0.29, 0.717) is 6.54 Å². The Labute approximate surface area is 108 Å². The molecule has 0 aliphatic rings. The van der Waals surface area contributed by atoms with Gasteiger partial charge in [-0.2, -0.15) is 0 Å². The molecule has 0 unspecified atom stereocenters. The predicted molar refractivity (Wildman–Crippen MR) is 65.1 cm³/mol. The number of nitrogens with one attached hydrogen (secondary N) is 2. The molecule has 1 aromatic carbocycles. The molecule has 0 aliphatic heterocycles. The molecule has 0 aliphatic carbocycles. The van der Waals surface area contributed by atoms with E-state index in [4.69, 9.17) is 5.11 Å². The Balaban J connectivity index is 2.90. The summed E-state index contributed by atoms with van der Waals surface area (Å²) in [6, 6.07) is 1.99. The quantitative estimate of drug-likeness (QED) is 0.735. The lowest BCUT2D eigenvalue weighted by Gasteiger charge is -2.09. The maximum atomic E-state index is 13.6. The zero-order valence-corrected chi connectivity index (χ0v) is 10.3. The van der Waals surface area contributed by atoms with Crippen LogP contribution in [0.3, 0.4) is 0 Å². The lowest BCUT2D eigenvalue weighted by atomic mass is 10.1. The van der Waals surface area contributed by atoms with Gasteiger partial charge in [-0.05, 0) is 18.6 Å². The summed E-state index contributed by atoms with van der Waals surface area (Å²) in [7, 11) is 0. The van der Waals surface area contributed by atoms with Crippen LogP contribution in [0.1, 0.15) is 23.7 Å². The molecule has 0 aromatic heterocycles. The number of rotatable bonds is 6. The zero-order chi connectivity index (χ0) is 14.4. The molecule has 0 fully saturated rings. The highest BCUT2D eigenvalue weighted by Gasteiger charge is 2.19. The lowest BCUT2D eigenvalue weighted by Crippen LogP contribution is -2.30. The minimum atomic E-state index is -1.30. The van der Waals surface area contributed by atoms with E-state index < -0.39 is 35.6 Å². The van der Waals surface area contributed by atoms with E-state index in [1.54, 1.807) is 0 Å². The first-order valence-corrected chi connectivity index (χ1v) is 5.68. The molecule has 1 rings (SSSR count). The normalized spacial score (nSPS) is 10.1. The number of hydrogen-bond acceptors (Lipinski definition) is 3. The minimum absolute atomic E-state index is 0.228. The average molecular weight is 272 g/mol. The predicted octanol–water partition coefficient (Wildman–Crippen LogP) is 1.60. The van der Waals surface area contributed by atoms with Crippen molar-refractivity contribution in [1.82, 2.24) is 5.32 Å². The van der Waals surface area contributed by atoms with E-state index in [1.807, 2.05) is 12.2 Å². The number of amides is 1. The van der Waals surface area contributed by atoms with Gasteiger partial charge in [0.2, 0.25) is 0 Å². The molecule has 0 saturated heterocycles. The van der Waals surface area contributed by atoms with E-state index in [0.717, 1.165) is 18.6 Å². The third kappa shape index (κ3) is 4.20. The third-order valence-electron chi connectivity index (χ3n) is 2.25. The van der Waals surface area contributed by atoms with Gasteiger partial charge in [0.05, 0.1) is 0 Å². The van der Waals surface area contributed by atoms with Gasteiger partial charge in [0.1, 0.15) is 23.7 Å². The molecule has 104 valence electrons. The van der Waals surface area contributed by atoms with Gasteiger partial charge in [0.25, 0.3) is 5.91 Å². The van der Waals surface area contributed by atoms with Gasteiger partial charge in [-0.3, -0.25) is 9.59 Å². The molecule has 3 N–H and O–H groups in total. The summed E-state index contributed by atoms with van der Waals surface area (Å²) in [6.45, 7) is 1.74. The number of carboxylic acid groups (broad SMARTS) is 1. The van der Waals surface area contributed by atoms with Gasteiger partial charge in [0, 0.05) is 12.2 Å². The Morgan fingerprint density at radius 1 is 1.26 bits per heavy atom. The molecule has 1 amide bonds. The van der Waals surface area contributed by atoms with Crippen LogP contribution in [0.15, 0.2) is 12.1 Å². The Bertz CT molecular complexity index is 469. The van der Waals surface area contributed by atoms with Gasteiger partial charge in [-0.1, -0.05) is 6.92 Å². The van der Waals surface area contributed by atoms with Crippen LogP contribution in [-0.2, 0) is 4.79 Å². The van der Waals surface area contributed by atoms with Crippen molar-refractivity contribution >= 4 is 17.6 Å². The van der Waals surface area contributed by atoms with E-state index >= 15 is 0 Å². The largest absolute Gasteiger partial charge is 0.480 e. The summed E-state index contributed by atoms with van der Waals surface area (Å²) in [5, 5.41) is 13.1. The number of carbonyl (C=O) groups excluding carboxylic acids is 1. The Morgan fingerprint density at radius 3 is 2.32 bits per heavy atom. The van der Waals surface area contributed by atoms with Gasteiger partial charge >= 0.3 is 5.97 Å². The second kappa shape index (κ2) is 6.67. The summed E-state index contributed by atoms with van der Waals surface area (Å²) in [5.41, 5.74) is -0.560. The second-order valence-electron chi connectivity index (χ2n) is 3.82. The SMILES string of the molecule is CCCNc1cc(F)c(C(=O)NCC(=O)O)c(F)c1. The second-order valence-corrected chi connectivity index (χ2v) is 3.82. The number of aliphatic carboxylic acids is 1. The highest BCUT2D eigenvalue weighted by molar-refractivity contribution is 5.96. The first kappa shape index (κ1) is 14.9. The monoisotopic (exact) mass is 272 g/mol. The van der Waals surface area contributed by atoms with Crippen molar-refractivity contribution in [2.75, 3.05) is 18.4 Å². The van der Waals surface area contributed by atoms with E-state index in [1.165, 1.54) is 0 Å². The van der Waals surface area contributed by atoms with Crippen molar-refractivity contribution in [2.45, 2.75) is 13.3 Å². The summed E-state index contributed by atoms with van der Waals surface area (Å²) in [6.07, 6.45) is 0.782. The smallest absolute Gasteiger partial charge is 0.322 e. The fourth-order valence-corrected chi connectivity index (χ4v) is 1.41. The van der Waals surface area contributed by atoms with Crippen LogP contribution in [0.4, 0.5) is 14.5 Å². The molecular formula is C12H14F2N2O3. The molecule has 5 nitrogen and oxygen atoms in total. The van der Waals surface area contributed by atoms with Gasteiger partial charge < -0.3 is 15.7 Å². The first-order valence-electron chi connectivity index (χ1n) is 5.68. The van der Waals surface area contributed by atoms with Gasteiger partial charge in [-0.25, -0.2) is 8.78 Å². The first-order chi connectivity index (χ1) is 8.95. The molecule has 0 saturated carbocycles. The molecule has 19 heavy (non-hydrogen) atoms. The van der Waals surface area contributed by atoms with Crippen LogP contribution >= 0.6 is 0 Å². The maximum Gasteiger partial charge on any atom is 0.322 e. The Morgan fingerprint density at radius 2 is 1.84 bits per heavy atom. The number of carbonyl (C=O) groups is 2. The number of benzene rings is 1. The molecule has 0 spiro atoms. The number of halogens is 2. The van der Waals surface area contributed by atoms with Crippen molar-refractivity contribution in [3.05, 3.63) is 29.3 Å². The summed E-state index contributed by atoms with van der Waals surface area (Å²) < 4.78 is 27.2. The van der Waals surface area contributed by atoms with Crippen LogP contribution in [0, 0.1) is 11.6 Å². The van der Waals surface area contributed by atoms with Crippen molar-refractivity contribution < 1.29 is 23.5 Å². The molecule has 1 aromatic rings. The Kier molecular flexibility index (Phi) is 5.23.